The molecule has 5 aromatic rings. The van der Waals surface area contributed by atoms with Crippen molar-refractivity contribution in [3.63, 3.8) is 0 Å². The lowest BCUT2D eigenvalue weighted by Crippen LogP contribution is -2.17. The summed E-state index contributed by atoms with van der Waals surface area (Å²) >= 11 is 0. The molecule has 10 nitrogen and oxygen atoms in total. The number of carbonyl (C=O) groups is 1. The van der Waals surface area contributed by atoms with E-state index in [-0.39, 0.29) is 16.5 Å². The van der Waals surface area contributed by atoms with Crippen molar-refractivity contribution in [2.24, 2.45) is 12.8 Å². The number of amides is 1. The number of rotatable bonds is 6. The lowest BCUT2D eigenvalue weighted by atomic mass is 10.2. The molecule has 0 spiro atoms. The molecule has 0 aliphatic heterocycles. The largest absolute Gasteiger partial charge is 0.417 e. The molecule has 0 radical (unpaired) electrons. The summed E-state index contributed by atoms with van der Waals surface area (Å²) in [7, 11) is -2.16. The summed E-state index contributed by atoms with van der Waals surface area (Å²) in [4.78, 5) is 16.8. The predicted molar refractivity (Wildman–Crippen MR) is 143 cm³/mol. The van der Waals surface area contributed by atoms with Crippen molar-refractivity contribution < 1.29 is 17.9 Å². The zero-order valence-electron chi connectivity index (χ0n) is 19.6. The maximum Gasteiger partial charge on any atom is 0.417 e. The van der Waals surface area contributed by atoms with Crippen LogP contribution in [-0.4, -0.2) is 29.9 Å². The molecule has 5 rings (SSSR count). The highest BCUT2D eigenvalue weighted by Gasteiger charge is 2.20. The van der Waals surface area contributed by atoms with E-state index in [0.29, 0.717) is 33.2 Å². The van der Waals surface area contributed by atoms with Gasteiger partial charge in [0.1, 0.15) is 10.7 Å². The van der Waals surface area contributed by atoms with Gasteiger partial charge in [0, 0.05) is 47.2 Å². The molecule has 5 N–H and O–H groups in total. The molecule has 0 unspecified atom stereocenters. The van der Waals surface area contributed by atoms with E-state index in [2.05, 4.69) is 15.0 Å². The van der Waals surface area contributed by atoms with Gasteiger partial charge in [-0.05, 0) is 54.6 Å². The molecular formula is C26H22N6O4S. The molecule has 3 aromatic carbocycles. The highest BCUT2D eigenvalue weighted by Crippen LogP contribution is 2.32. The zero-order valence-corrected chi connectivity index (χ0v) is 20.4. The summed E-state index contributed by atoms with van der Waals surface area (Å²) in [5.74, 6) is 0.177. The third-order valence-electron chi connectivity index (χ3n) is 5.74. The van der Waals surface area contributed by atoms with Crippen LogP contribution in [0, 0.1) is 5.41 Å². The summed E-state index contributed by atoms with van der Waals surface area (Å²) < 4.78 is 36.3. The standard InChI is InChI=1S/C26H22N6O4S/c1-32-15-22(36-26(33)30-18-9-7-17(8-10-18)25(27)28)20-14-19(11-12-21(20)32)31-37(34,35)23-6-2-4-16-5-3-13-29-24(16)23/h2-15,31H,1H3,(H3,27,28)(H,30,33). The normalized spacial score (nSPS) is 11.4. The van der Waals surface area contributed by atoms with Crippen LogP contribution in [0.5, 0.6) is 5.75 Å². The van der Waals surface area contributed by atoms with E-state index in [4.69, 9.17) is 15.9 Å². The molecule has 186 valence electrons. The number of sulfonamides is 1. The lowest BCUT2D eigenvalue weighted by molar-refractivity contribution is 0.215. The SMILES string of the molecule is Cn1cc(OC(=O)Nc2ccc(C(=N)N)cc2)c2cc(NS(=O)(=O)c3cccc4cccnc34)ccc21. The monoisotopic (exact) mass is 514 g/mol. The minimum Gasteiger partial charge on any atom is -0.408 e. The van der Waals surface area contributed by atoms with E-state index in [9.17, 15) is 13.2 Å². The van der Waals surface area contributed by atoms with Crippen LogP contribution in [0.25, 0.3) is 21.8 Å². The van der Waals surface area contributed by atoms with Gasteiger partial charge in [0.2, 0.25) is 0 Å². The van der Waals surface area contributed by atoms with Crippen molar-refractivity contribution in [3.8, 4) is 5.75 Å². The predicted octanol–water partition coefficient (Wildman–Crippen LogP) is 4.42. The highest BCUT2D eigenvalue weighted by molar-refractivity contribution is 7.93. The molecule has 37 heavy (non-hydrogen) atoms. The number of aryl methyl sites for hydroxylation is 1. The number of fused-ring (bicyclic) bond motifs is 2. The maximum absolute atomic E-state index is 13.2. The molecule has 0 aliphatic rings. The van der Waals surface area contributed by atoms with Crippen LogP contribution in [0.4, 0.5) is 16.2 Å². The minimum absolute atomic E-state index is 0.0606. The van der Waals surface area contributed by atoms with Gasteiger partial charge in [-0.15, -0.1) is 0 Å². The van der Waals surface area contributed by atoms with Gasteiger partial charge < -0.3 is 15.0 Å². The molecular weight excluding hydrogens is 492 g/mol. The van der Waals surface area contributed by atoms with Gasteiger partial charge in [-0.1, -0.05) is 18.2 Å². The van der Waals surface area contributed by atoms with Crippen molar-refractivity contribution in [1.29, 1.82) is 5.41 Å². The molecule has 0 atom stereocenters. The Morgan fingerprint density at radius 1 is 1.03 bits per heavy atom. The van der Waals surface area contributed by atoms with Crippen molar-refractivity contribution in [3.05, 3.63) is 90.8 Å². The minimum atomic E-state index is -3.95. The van der Waals surface area contributed by atoms with E-state index in [1.54, 1.807) is 90.7 Å². The summed E-state index contributed by atoms with van der Waals surface area (Å²) in [6.45, 7) is 0. The van der Waals surface area contributed by atoms with E-state index < -0.39 is 16.1 Å². The van der Waals surface area contributed by atoms with Gasteiger partial charge in [-0.2, -0.15) is 0 Å². The first-order valence-electron chi connectivity index (χ1n) is 11.1. The fourth-order valence-corrected chi connectivity index (χ4v) is 5.21. The number of amidine groups is 1. The number of nitrogens with zero attached hydrogens (tertiary/aromatic N) is 2. The Hall–Kier alpha value is -4.90. The molecule has 2 aromatic heterocycles. The second-order valence-electron chi connectivity index (χ2n) is 8.28. The van der Waals surface area contributed by atoms with Crippen LogP contribution in [-0.2, 0) is 17.1 Å². The Balaban J connectivity index is 1.40. The number of nitrogen functional groups attached to an aromatic ring is 1. The summed E-state index contributed by atoms with van der Waals surface area (Å²) in [6.07, 6.45) is 2.45. The quantitative estimate of drug-likeness (QED) is 0.194. The van der Waals surface area contributed by atoms with Gasteiger partial charge in [-0.3, -0.25) is 20.4 Å². The topological polar surface area (TPSA) is 152 Å². The molecule has 2 heterocycles. The Morgan fingerprint density at radius 3 is 2.51 bits per heavy atom. The smallest absolute Gasteiger partial charge is 0.408 e. The van der Waals surface area contributed by atoms with E-state index in [1.807, 2.05) is 0 Å². The van der Waals surface area contributed by atoms with Crippen LogP contribution < -0.4 is 20.5 Å². The summed E-state index contributed by atoms with van der Waals surface area (Å²) in [5.41, 5.74) is 7.86. The number of nitrogens with two attached hydrogens (primary N) is 1. The number of hydrogen-bond donors (Lipinski definition) is 4. The van der Waals surface area contributed by atoms with Gasteiger partial charge in [0.05, 0.1) is 11.0 Å². The zero-order chi connectivity index (χ0) is 26.2. The molecule has 0 bridgehead atoms. The fraction of sp³-hybridized carbons (Fsp3) is 0.0385. The Bertz CT molecular complexity index is 1770. The first-order valence-corrected chi connectivity index (χ1v) is 12.6. The number of anilines is 2. The Kier molecular flexibility index (Phi) is 5.98. The van der Waals surface area contributed by atoms with E-state index >= 15 is 0 Å². The number of pyridine rings is 1. The van der Waals surface area contributed by atoms with Crippen molar-refractivity contribution >= 4 is 55.1 Å². The Labute approximate surface area is 212 Å². The van der Waals surface area contributed by atoms with Crippen LogP contribution in [0.15, 0.2) is 90.1 Å². The van der Waals surface area contributed by atoms with Crippen LogP contribution in [0.2, 0.25) is 0 Å². The fourth-order valence-electron chi connectivity index (χ4n) is 3.98. The molecule has 11 heteroatoms. The van der Waals surface area contributed by atoms with Gasteiger partial charge in [-0.25, -0.2) is 13.2 Å². The lowest BCUT2D eigenvalue weighted by Gasteiger charge is -2.11. The van der Waals surface area contributed by atoms with Crippen LogP contribution in [0.1, 0.15) is 5.56 Å². The molecule has 0 aliphatic carbocycles. The summed E-state index contributed by atoms with van der Waals surface area (Å²) in [5, 5.41) is 11.3. The number of carbonyl (C=O) groups excluding carboxylic acids is 1. The van der Waals surface area contributed by atoms with Gasteiger partial charge in [0.15, 0.2) is 5.75 Å². The third kappa shape index (κ3) is 4.80. The molecule has 0 fully saturated rings. The number of hydrogen-bond acceptors (Lipinski definition) is 6. The number of aromatic nitrogens is 2. The van der Waals surface area contributed by atoms with Crippen LogP contribution >= 0.6 is 0 Å². The number of benzene rings is 3. The van der Waals surface area contributed by atoms with Crippen molar-refractivity contribution in [2.75, 3.05) is 10.0 Å². The number of para-hydroxylation sites is 1. The van der Waals surface area contributed by atoms with Crippen molar-refractivity contribution in [1.82, 2.24) is 9.55 Å². The third-order valence-corrected chi connectivity index (χ3v) is 7.15. The average Bonchev–Trinajstić information content (AvgIpc) is 3.17. The van der Waals surface area contributed by atoms with Gasteiger partial charge >= 0.3 is 6.09 Å². The first kappa shape index (κ1) is 23.8. The van der Waals surface area contributed by atoms with E-state index in [1.165, 1.54) is 6.07 Å². The molecule has 0 saturated heterocycles. The van der Waals surface area contributed by atoms with Gasteiger partial charge in [0.25, 0.3) is 10.0 Å². The Morgan fingerprint density at radius 2 is 1.76 bits per heavy atom. The first-order chi connectivity index (χ1) is 17.7. The van der Waals surface area contributed by atoms with Crippen molar-refractivity contribution in [2.45, 2.75) is 4.90 Å². The second kappa shape index (κ2) is 9.28. The summed E-state index contributed by atoms with van der Waals surface area (Å²) in [6, 6.07) is 19.9. The highest BCUT2D eigenvalue weighted by atomic mass is 32.2. The number of ether oxygens (including phenoxy) is 1. The average molecular weight is 515 g/mol. The second-order valence-corrected chi connectivity index (χ2v) is 9.93. The molecule has 1 amide bonds. The van der Waals surface area contributed by atoms with Crippen LogP contribution in [0.3, 0.4) is 0 Å². The molecule has 0 saturated carbocycles. The van der Waals surface area contributed by atoms with E-state index in [0.717, 1.165) is 5.52 Å². The number of nitrogens with one attached hydrogen (secondary N) is 3. The maximum atomic E-state index is 13.2.